The van der Waals surface area contributed by atoms with E-state index >= 15 is 0 Å². The van der Waals surface area contributed by atoms with Crippen molar-refractivity contribution in [3.05, 3.63) is 83.6 Å². The van der Waals surface area contributed by atoms with Crippen molar-refractivity contribution in [1.82, 2.24) is 4.57 Å². The number of hydrogen-bond acceptors (Lipinski definition) is 5. The zero-order chi connectivity index (χ0) is 25.8. The third kappa shape index (κ3) is 5.38. The van der Waals surface area contributed by atoms with E-state index in [4.69, 9.17) is 14.2 Å². The highest BCUT2D eigenvalue weighted by Crippen LogP contribution is 2.38. The number of carbonyl (C=O) groups excluding carboxylic acids is 2. The molecule has 1 saturated carbocycles. The standard InChI is InChI=1S/C31H31NO5/c1-3-36-31(34)30-29(24-7-5-9-26(18-24)37-20-22-10-11-22)27-17-21(14-15-33)12-13-28(27)32(30)19-23-6-4-8-25(16-23)35-2/h4-9,12-13,15-18,22H,3,10-11,14,19-20H2,1-2H3. The van der Waals surface area contributed by atoms with E-state index in [0.717, 1.165) is 50.9 Å². The van der Waals surface area contributed by atoms with E-state index < -0.39 is 5.97 Å². The molecule has 0 unspecified atom stereocenters. The fourth-order valence-electron chi connectivity index (χ4n) is 4.69. The number of carbonyl (C=O) groups is 2. The van der Waals surface area contributed by atoms with Gasteiger partial charge in [0.1, 0.15) is 23.5 Å². The van der Waals surface area contributed by atoms with Crippen LogP contribution >= 0.6 is 0 Å². The molecule has 190 valence electrons. The van der Waals surface area contributed by atoms with Gasteiger partial charge in [0.2, 0.25) is 0 Å². The highest BCUT2D eigenvalue weighted by atomic mass is 16.5. The molecule has 0 amide bonds. The van der Waals surface area contributed by atoms with Gasteiger partial charge in [0.25, 0.3) is 0 Å². The van der Waals surface area contributed by atoms with Crippen LogP contribution in [0.4, 0.5) is 0 Å². The largest absolute Gasteiger partial charge is 0.497 e. The van der Waals surface area contributed by atoms with Crippen molar-refractivity contribution < 1.29 is 23.8 Å². The molecule has 1 aromatic heterocycles. The average Bonchev–Trinajstić information content (AvgIpc) is 3.70. The molecule has 4 aromatic rings. The molecule has 3 aromatic carbocycles. The van der Waals surface area contributed by atoms with E-state index in [0.29, 0.717) is 31.2 Å². The van der Waals surface area contributed by atoms with Gasteiger partial charge in [-0.3, -0.25) is 0 Å². The lowest BCUT2D eigenvalue weighted by atomic mass is 9.99. The van der Waals surface area contributed by atoms with Gasteiger partial charge < -0.3 is 23.6 Å². The predicted octanol–water partition coefficient (Wildman–Crippen LogP) is 6.07. The van der Waals surface area contributed by atoms with E-state index in [9.17, 15) is 9.59 Å². The number of methoxy groups -OCH3 is 1. The lowest BCUT2D eigenvalue weighted by Gasteiger charge is -2.13. The monoisotopic (exact) mass is 497 g/mol. The number of rotatable bonds is 11. The Morgan fingerprint density at radius 3 is 2.57 bits per heavy atom. The Hall–Kier alpha value is -4.06. The number of ether oxygens (including phenoxy) is 3. The number of hydrogen-bond donors (Lipinski definition) is 0. The van der Waals surface area contributed by atoms with Crippen molar-refractivity contribution >= 4 is 23.2 Å². The normalized spacial score (nSPS) is 12.9. The third-order valence-electron chi connectivity index (χ3n) is 6.70. The first-order valence-electron chi connectivity index (χ1n) is 12.7. The minimum absolute atomic E-state index is 0.264. The summed E-state index contributed by atoms with van der Waals surface area (Å²) in [5.41, 5.74) is 4.89. The van der Waals surface area contributed by atoms with Gasteiger partial charge in [-0.15, -0.1) is 0 Å². The summed E-state index contributed by atoms with van der Waals surface area (Å²) in [6.45, 7) is 3.23. The Kier molecular flexibility index (Phi) is 7.26. The fourth-order valence-corrected chi connectivity index (χ4v) is 4.69. The first kappa shape index (κ1) is 24.6. The molecule has 1 fully saturated rings. The van der Waals surface area contributed by atoms with E-state index in [2.05, 4.69) is 0 Å². The Morgan fingerprint density at radius 1 is 1.00 bits per heavy atom. The second kappa shape index (κ2) is 10.9. The van der Waals surface area contributed by atoms with Crippen LogP contribution in [0.25, 0.3) is 22.0 Å². The Morgan fingerprint density at radius 2 is 1.81 bits per heavy atom. The summed E-state index contributed by atoms with van der Waals surface area (Å²) >= 11 is 0. The molecule has 1 aliphatic carbocycles. The molecular formula is C31H31NO5. The summed E-state index contributed by atoms with van der Waals surface area (Å²) in [7, 11) is 1.64. The van der Waals surface area contributed by atoms with Crippen LogP contribution in [0.2, 0.25) is 0 Å². The first-order chi connectivity index (χ1) is 18.1. The zero-order valence-corrected chi connectivity index (χ0v) is 21.2. The van der Waals surface area contributed by atoms with E-state index in [1.165, 1.54) is 12.8 Å². The quantitative estimate of drug-likeness (QED) is 0.186. The second-order valence-electron chi connectivity index (χ2n) is 9.39. The highest BCUT2D eigenvalue weighted by molar-refractivity contribution is 6.09. The first-order valence-corrected chi connectivity index (χ1v) is 12.7. The van der Waals surface area contributed by atoms with Gasteiger partial charge in [-0.25, -0.2) is 4.79 Å². The molecule has 0 N–H and O–H groups in total. The SMILES string of the molecule is CCOC(=O)c1c(-c2cccc(OCC3CC3)c2)c2cc(CC=O)ccc2n1Cc1cccc(OC)c1. The van der Waals surface area contributed by atoms with Crippen molar-refractivity contribution in [3.63, 3.8) is 0 Å². The number of benzene rings is 3. The third-order valence-corrected chi connectivity index (χ3v) is 6.70. The molecule has 0 bridgehead atoms. The number of aromatic nitrogens is 1. The van der Waals surface area contributed by atoms with Crippen LogP contribution < -0.4 is 9.47 Å². The van der Waals surface area contributed by atoms with Gasteiger partial charge in [0.15, 0.2) is 0 Å². The summed E-state index contributed by atoms with van der Waals surface area (Å²) in [6, 6.07) is 21.6. The predicted molar refractivity (Wildman–Crippen MR) is 143 cm³/mol. The fraction of sp³-hybridized carbons (Fsp3) is 0.290. The second-order valence-corrected chi connectivity index (χ2v) is 9.39. The summed E-state index contributed by atoms with van der Waals surface area (Å²) in [5, 5.41) is 0.893. The molecule has 1 heterocycles. The molecule has 5 rings (SSSR count). The molecular weight excluding hydrogens is 466 g/mol. The minimum atomic E-state index is -0.391. The van der Waals surface area contributed by atoms with E-state index in [-0.39, 0.29) is 6.61 Å². The van der Waals surface area contributed by atoms with Crippen LogP contribution in [0.5, 0.6) is 11.5 Å². The molecule has 0 spiro atoms. The molecule has 1 aliphatic rings. The summed E-state index contributed by atoms with van der Waals surface area (Å²) < 4.78 is 19.0. The lowest BCUT2D eigenvalue weighted by Crippen LogP contribution is -2.14. The molecule has 6 heteroatoms. The Balaban J connectivity index is 1.71. The van der Waals surface area contributed by atoms with Crippen LogP contribution in [0.15, 0.2) is 66.7 Å². The van der Waals surface area contributed by atoms with Gasteiger partial charge in [-0.1, -0.05) is 30.3 Å². The van der Waals surface area contributed by atoms with Gasteiger partial charge >= 0.3 is 5.97 Å². The molecule has 0 atom stereocenters. The highest BCUT2D eigenvalue weighted by Gasteiger charge is 2.26. The van der Waals surface area contributed by atoms with Crippen molar-refractivity contribution in [3.8, 4) is 22.6 Å². The maximum absolute atomic E-state index is 13.5. The van der Waals surface area contributed by atoms with Gasteiger partial charge in [-0.05, 0) is 78.8 Å². The van der Waals surface area contributed by atoms with Gasteiger partial charge in [-0.2, -0.15) is 0 Å². The summed E-state index contributed by atoms with van der Waals surface area (Å²) in [5.74, 6) is 1.77. The van der Waals surface area contributed by atoms with Crippen LogP contribution in [0, 0.1) is 5.92 Å². The Bertz CT molecular complexity index is 1430. The number of aldehydes is 1. The zero-order valence-electron chi connectivity index (χ0n) is 21.2. The van der Waals surface area contributed by atoms with Gasteiger partial charge in [0, 0.05) is 29.4 Å². The van der Waals surface area contributed by atoms with E-state index in [1.807, 2.05) is 71.3 Å². The van der Waals surface area contributed by atoms with Crippen molar-refractivity contribution in [2.24, 2.45) is 5.92 Å². The maximum Gasteiger partial charge on any atom is 0.355 e. The van der Waals surface area contributed by atoms with Crippen LogP contribution in [-0.4, -0.2) is 37.1 Å². The summed E-state index contributed by atoms with van der Waals surface area (Å²) in [6.07, 6.45) is 3.62. The average molecular weight is 498 g/mol. The molecule has 0 radical (unpaired) electrons. The molecule has 0 saturated heterocycles. The van der Waals surface area contributed by atoms with Gasteiger partial charge in [0.05, 0.1) is 20.3 Å². The molecule has 0 aliphatic heterocycles. The molecule has 6 nitrogen and oxygen atoms in total. The minimum Gasteiger partial charge on any atom is -0.497 e. The van der Waals surface area contributed by atoms with Crippen LogP contribution in [0.3, 0.4) is 0 Å². The number of nitrogens with zero attached hydrogens (tertiary/aromatic N) is 1. The lowest BCUT2D eigenvalue weighted by molar-refractivity contribution is -0.107. The van der Waals surface area contributed by atoms with Crippen molar-refractivity contribution in [1.29, 1.82) is 0 Å². The van der Waals surface area contributed by atoms with Crippen molar-refractivity contribution in [2.75, 3.05) is 20.3 Å². The topological polar surface area (TPSA) is 66.8 Å². The summed E-state index contributed by atoms with van der Waals surface area (Å²) in [4.78, 5) is 24.8. The Labute approximate surface area is 216 Å². The molecule has 37 heavy (non-hydrogen) atoms. The number of esters is 1. The van der Waals surface area contributed by atoms with Crippen molar-refractivity contribution in [2.45, 2.75) is 32.7 Å². The number of fused-ring (bicyclic) bond motifs is 1. The maximum atomic E-state index is 13.5. The van der Waals surface area contributed by atoms with Crippen LogP contribution in [-0.2, 0) is 22.5 Å². The smallest absolute Gasteiger partial charge is 0.355 e. The van der Waals surface area contributed by atoms with E-state index in [1.54, 1.807) is 14.0 Å². The van der Waals surface area contributed by atoms with Crippen LogP contribution in [0.1, 0.15) is 41.4 Å².